The first kappa shape index (κ1) is 25.8. The second-order valence-electron chi connectivity index (χ2n) is 9.45. The fourth-order valence-electron chi connectivity index (χ4n) is 4.78. The fourth-order valence-corrected chi connectivity index (χ4v) is 4.78. The Morgan fingerprint density at radius 3 is 2.15 bits per heavy atom. The summed E-state index contributed by atoms with van der Waals surface area (Å²) in [5.74, 6) is 1.05. The molecule has 1 aliphatic rings. The van der Waals surface area contributed by atoms with E-state index in [4.69, 9.17) is 19.3 Å². The van der Waals surface area contributed by atoms with Crippen molar-refractivity contribution in [2.45, 2.75) is 25.6 Å². The van der Waals surface area contributed by atoms with Gasteiger partial charge in [0.15, 0.2) is 0 Å². The minimum Gasteiger partial charge on any atom is -0.497 e. The summed E-state index contributed by atoms with van der Waals surface area (Å²) in [6, 6.07) is 24.0. The zero-order valence-corrected chi connectivity index (χ0v) is 22.3. The number of carbonyl (C=O) groups excluding carboxylic acids is 2. The Labute approximate surface area is 226 Å². The molecule has 39 heavy (non-hydrogen) atoms. The Bertz CT molecular complexity index is 1480. The predicted octanol–water partition coefficient (Wildman–Crippen LogP) is 4.31. The van der Waals surface area contributed by atoms with E-state index in [1.807, 2.05) is 54.6 Å². The molecule has 2 heterocycles. The van der Waals surface area contributed by atoms with Crippen LogP contribution in [0, 0.1) is 0 Å². The molecule has 9 heteroatoms. The largest absolute Gasteiger partial charge is 0.497 e. The number of aromatic nitrogens is 2. The van der Waals surface area contributed by atoms with Gasteiger partial charge in [0.05, 0.1) is 39.3 Å². The molecular formula is C30H30N4O5. The molecule has 0 bridgehead atoms. The van der Waals surface area contributed by atoms with Crippen LogP contribution in [0.4, 0.5) is 5.69 Å². The minimum atomic E-state index is -1.31. The average molecular weight is 527 g/mol. The van der Waals surface area contributed by atoms with Crippen LogP contribution >= 0.6 is 0 Å². The van der Waals surface area contributed by atoms with Gasteiger partial charge in [-0.2, -0.15) is 5.10 Å². The van der Waals surface area contributed by atoms with Gasteiger partial charge in [-0.05, 0) is 42.8 Å². The maximum absolute atomic E-state index is 14.1. The number of fused-ring (bicyclic) bond motifs is 1. The Hall–Kier alpha value is -4.79. The number of rotatable bonds is 8. The van der Waals surface area contributed by atoms with Crippen LogP contribution in [0.25, 0.3) is 11.3 Å². The first-order valence-corrected chi connectivity index (χ1v) is 12.5. The van der Waals surface area contributed by atoms with Crippen molar-refractivity contribution in [1.82, 2.24) is 15.1 Å². The van der Waals surface area contributed by atoms with Gasteiger partial charge in [-0.15, -0.1) is 0 Å². The Balaban J connectivity index is 1.57. The summed E-state index contributed by atoms with van der Waals surface area (Å²) >= 11 is 0. The minimum absolute atomic E-state index is 0.143. The van der Waals surface area contributed by atoms with Crippen LogP contribution in [-0.4, -0.2) is 48.5 Å². The lowest BCUT2D eigenvalue weighted by atomic mass is 9.93. The topological polar surface area (TPSA) is 94.9 Å². The zero-order chi connectivity index (χ0) is 27.6. The lowest BCUT2D eigenvalue weighted by molar-refractivity contribution is -0.126. The zero-order valence-electron chi connectivity index (χ0n) is 22.3. The number of carbonyl (C=O) groups is 2. The van der Waals surface area contributed by atoms with Gasteiger partial charge in [-0.25, -0.2) is 0 Å². The van der Waals surface area contributed by atoms with Crippen molar-refractivity contribution in [2.24, 2.45) is 0 Å². The van der Waals surface area contributed by atoms with Crippen molar-refractivity contribution < 1.29 is 23.8 Å². The molecule has 0 aliphatic carbocycles. The highest BCUT2D eigenvalue weighted by Crippen LogP contribution is 2.38. The van der Waals surface area contributed by atoms with Gasteiger partial charge in [0.25, 0.3) is 5.91 Å². The molecule has 0 saturated carbocycles. The maximum atomic E-state index is 14.1. The summed E-state index contributed by atoms with van der Waals surface area (Å²) in [4.78, 5) is 29.5. The number of anilines is 1. The summed E-state index contributed by atoms with van der Waals surface area (Å²) in [5, 5.41) is 7.74. The molecule has 5 rings (SSSR count). The van der Waals surface area contributed by atoms with Crippen molar-refractivity contribution >= 4 is 17.5 Å². The van der Waals surface area contributed by atoms with Crippen LogP contribution < -0.4 is 24.4 Å². The number of nitrogens with one attached hydrogen (secondary N) is 1. The molecule has 0 saturated heterocycles. The van der Waals surface area contributed by atoms with Crippen molar-refractivity contribution in [2.75, 3.05) is 26.2 Å². The molecule has 2 amide bonds. The molecule has 1 aliphatic heterocycles. The van der Waals surface area contributed by atoms with E-state index in [1.54, 1.807) is 57.2 Å². The van der Waals surface area contributed by atoms with Gasteiger partial charge in [0.2, 0.25) is 5.91 Å². The van der Waals surface area contributed by atoms with E-state index in [0.717, 1.165) is 16.9 Å². The Morgan fingerprint density at radius 2 is 1.54 bits per heavy atom. The molecule has 0 radical (unpaired) electrons. The van der Waals surface area contributed by atoms with Gasteiger partial charge in [-0.1, -0.05) is 30.3 Å². The van der Waals surface area contributed by atoms with Crippen molar-refractivity contribution in [3.8, 4) is 28.5 Å². The number of benzene rings is 3. The quantitative estimate of drug-likeness (QED) is 0.368. The number of ether oxygens (including phenoxy) is 3. The normalized spacial score (nSPS) is 16.4. The van der Waals surface area contributed by atoms with Gasteiger partial charge < -0.3 is 19.5 Å². The van der Waals surface area contributed by atoms with Crippen LogP contribution in [0.2, 0.25) is 0 Å². The summed E-state index contributed by atoms with van der Waals surface area (Å²) in [6.07, 6.45) is 0. The first-order chi connectivity index (χ1) is 18.9. The van der Waals surface area contributed by atoms with E-state index < -0.39 is 5.54 Å². The van der Waals surface area contributed by atoms with Crippen molar-refractivity contribution in [3.05, 3.63) is 90.1 Å². The molecule has 200 valence electrons. The Morgan fingerprint density at radius 1 is 0.897 bits per heavy atom. The van der Waals surface area contributed by atoms with E-state index in [2.05, 4.69) is 5.32 Å². The molecule has 1 atom stereocenters. The third kappa shape index (κ3) is 4.90. The number of nitrogens with zero attached hydrogens (tertiary/aromatic N) is 3. The Kier molecular flexibility index (Phi) is 6.98. The van der Waals surface area contributed by atoms with Crippen LogP contribution in [0.1, 0.15) is 23.0 Å². The molecule has 0 fully saturated rings. The predicted molar refractivity (Wildman–Crippen MR) is 147 cm³/mol. The lowest BCUT2D eigenvalue weighted by Crippen LogP contribution is -2.64. The number of hydrogen-bond donors (Lipinski definition) is 1. The second-order valence-corrected chi connectivity index (χ2v) is 9.45. The first-order valence-electron chi connectivity index (χ1n) is 12.5. The van der Waals surface area contributed by atoms with E-state index in [9.17, 15) is 9.59 Å². The van der Waals surface area contributed by atoms with E-state index in [-0.39, 0.29) is 18.4 Å². The highest BCUT2D eigenvalue weighted by Gasteiger charge is 2.49. The van der Waals surface area contributed by atoms with Gasteiger partial charge in [0.1, 0.15) is 28.5 Å². The van der Waals surface area contributed by atoms with Gasteiger partial charge in [0, 0.05) is 30.3 Å². The average Bonchev–Trinajstić information content (AvgIpc) is 3.40. The van der Waals surface area contributed by atoms with Gasteiger partial charge >= 0.3 is 0 Å². The van der Waals surface area contributed by atoms with E-state index in [0.29, 0.717) is 35.1 Å². The summed E-state index contributed by atoms with van der Waals surface area (Å²) in [5.41, 5.74) is 1.95. The van der Waals surface area contributed by atoms with Crippen molar-refractivity contribution in [3.63, 3.8) is 0 Å². The van der Waals surface area contributed by atoms with E-state index >= 15 is 0 Å². The second kappa shape index (κ2) is 10.5. The highest BCUT2D eigenvalue weighted by molar-refractivity contribution is 6.12. The van der Waals surface area contributed by atoms with Crippen LogP contribution in [0.15, 0.2) is 78.9 Å². The number of amides is 2. The lowest BCUT2D eigenvalue weighted by Gasteiger charge is -2.43. The third-order valence-corrected chi connectivity index (χ3v) is 6.92. The monoisotopic (exact) mass is 526 g/mol. The molecule has 3 aromatic carbocycles. The highest BCUT2D eigenvalue weighted by atomic mass is 16.5. The number of hydrogen-bond acceptors (Lipinski definition) is 6. The maximum Gasteiger partial charge on any atom is 0.277 e. The SMILES string of the molecule is COc1ccc(-c2cc3n(n2)C[C@](C)(C(=O)NCc2ccccc2)N(c2cc(OC)cc(OC)c2)C3=O)cc1. The third-order valence-electron chi connectivity index (χ3n) is 6.92. The number of methoxy groups -OCH3 is 3. The van der Waals surface area contributed by atoms with Crippen LogP contribution in [0.3, 0.4) is 0 Å². The molecule has 1 aromatic heterocycles. The smallest absolute Gasteiger partial charge is 0.277 e. The molecule has 0 spiro atoms. The fraction of sp³-hybridized carbons (Fsp3) is 0.233. The van der Waals surface area contributed by atoms with Crippen molar-refractivity contribution in [1.29, 1.82) is 0 Å². The summed E-state index contributed by atoms with van der Waals surface area (Å²) < 4.78 is 17.8. The molecule has 4 aromatic rings. The van der Waals surface area contributed by atoms with Crippen LogP contribution in [0.5, 0.6) is 17.2 Å². The summed E-state index contributed by atoms with van der Waals surface area (Å²) in [7, 11) is 4.69. The van der Waals surface area contributed by atoms with Crippen LogP contribution in [-0.2, 0) is 17.9 Å². The molecular weight excluding hydrogens is 496 g/mol. The molecule has 0 unspecified atom stereocenters. The molecule has 1 N–H and O–H groups in total. The summed E-state index contributed by atoms with van der Waals surface area (Å²) in [6.45, 7) is 2.21. The standard InChI is InChI=1S/C30H30N4O5/c1-30(29(36)31-18-20-8-6-5-7-9-20)19-33-27(17-26(32-33)21-10-12-23(37-2)13-11-21)28(35)34(30)22-14-24(38-3)16-25(15-22)39-4/h5-17H,18-19H2,1-4H3,(H,31,36)/t30-/m1/s1. The molecule has 9 nitrogen and oxygen atoms in total. The van der Waals surface area contributed by atoms with E-state index in [1.165, 1.54) is 4.90 Å². The van der Waals surface area contributed by atoms with Gasteiger partial charge in [-0.3, -0.25) is 19.2 Å².